The molecule has 1 aliphatic heterocycles. The minimum Gasteiger partial charge on any atom is -0.480 e. The molecule has 1 fully saturated rings. The quantitative estimate of drug-likeness (QED) is 0.555. The molecule has 9 heteroatoms. The van der Waals surface area contributed by atoms with Crippen molar-refractivity contribution in [3.8, 4) is 0 Å². The van der Waals surface area contributed by atoms with Crippen molar-refractivity contribution in [1.82, 2.24) is 9.62 Å². The number of nitrogens with one attached hydrogen (secondary N) is 1. The second-order valence-electron chi connectivity index (χ2n) is 4.66. The summed E-state index contributed by atoms with van der Waals surface area (Å²) in [4.78, 5) is 22.6. The molecule has 0 aromatic carbocycles. The zero-order valence-corrected chi connectivity index (χ0v) is 12.1. The van der Waals surface area contributed by atoms with E-state index in [-0.39, 0.29) is 18.8 Å². The molecule has 0 aromatic rings. The van der Waals surface area contributed by atoms with Crippen LogP contribution in [0.25, 0.3) is 0 Å². The average Bonchev–Trinajstić information content (AvgIpc) is 2.44. The van der Waals surface area contributed by atoms with Gasteiger partial charge in [-0.2, -0.15) is 0 Å². The van der Waals surface area contributed by atoms with E-state index in [2.05, 4.69) is 5.32 Å². The minimum atomic E-state index is -3.24. The van der Waals surface area contributed by atoms with E-state index < -0.39 is 40.5 Å². The first-order valence-corrected chi connectivity index (χ1v) is 8.04. The monoisotopic (exact) mass is 308 g/mol. The highest BCUT2D eigenvalue weighted by molar-refractivity contribution is 7.89. The van der Waals surface area contributed by atoms with E-state index in [1.165, 1.54) is 4.31 Å². The number of carboxylic acids is 1. The van der Waals surface area contributed by atoms with Gasteiger partial charge in [-0.15, -0.1) is 0 Å². The fourth-order valence-electron chi connectivity index (χ4n) is 2.05. The fourth-order valence-corrected chi connectivity index (χ4v) is 3.19. The first-order chi connectivity index (χ1) is 9.31. The molecule has 0 aliphatic carbocycles. The highest BCUT2D eigenvalue weighted by atomic mass is 32.2. The van der Waals surface area contributed by atoms with Gasteiger partial charge in [0.2, 0.25) is 15.9 Å². The van der Waals surface area contributed by atoms with E-state index in [4.69, 9.17) is 10.2 Å². The molecule has 1 heterocycles. The molecule has 1 amide bonds. The molecular formula is C11H20N2O6S. The third-order valence-corrected chi connectivity index (χ3v) is 5.26. The number of hydrogen-bond acceptors (Lipinski definition) is 5. The second-order valence-corrected chi connectivity index (χ2v) is 6.91. The van der Waals surface area contributed by atoms with E-state index in [1.807, 2.05) is 0 Å². The van der Waals surface area contributed by atoms with Crippen LogP contribution in [-0.4, -0.2) is 66.3 Å². The highest BCUT2D eigenvalue weighted by Gasteiger charge is 2.31. The van der Waals surface area contributed by atoms with E-state index in [0.717, 1.165) is 0 Å². The molecule has 1 atom stereocenters. The number of carbonyl (C=O) groups excluding carboxylic acids is 1. The number of piperidine rings is 1. The molecule has 0 saturated carbocycles. The third-order valence-electron chi connectivity index (χ3n) is 3.38. The second kappa shape index (κ2) is 7.00. The maximum Gasteiger partial charge on any atom is 0.328 e. The SMILES string of the molecule is CCS(=O)(=O)N1CCC(C(=O)N[C@H](CO)C(=O)O)CC1. The summed E-state index contributed by atoms with van der Waals surface area (Å²) in [7, 11) is -3.24. The molecule has 0 spiro atoms. The van der Waals surface area contributed by atoms with Gasteiger partial charge in [0.1, 0.15) is 6.04 Å². The summed E-state index contributed by atoms with van der Waals surface area (Å²) in [6, 6.07) is -1.32. The lowest BCUT2D eigenvalue weighted by molar-refractivity contribution is -0.143. The number of aliphatic hydroxyl groups is 1. The Balaban J connectivity index is 2.53. The maximum atomic E-state index is 11.8. The van der Waals surface area contributed by atoms with E-state index in [0.29, 0.717) is 12.8 Å². The minimum absolute atomic E-state index is 0.0233. The van der Waals surface area contributed by atoms with Gasteiger partial charge >= 0.3 is 5.97 Å². The molecule has 20 heavy (non-hydrogen) atoms. The van der Waals surface area contributed by atoms with Crippen LogP contribution in [0.3, 0.4) is 0 Å². The first-order valence-electron chi connectivity index (χ1n) is 6.43. The van der Waals surface area contributed by atoms with E-state index in [9.17, 15) is 18.0 Å². The Morgan fingerprint density at radius 1 is 1.35 bits per heavy atom. The Hall–Kier alpha value is -1.19. The van der Waals surface area contributed by atoms with Crippen LogP contribution in [0, 0.1) is 5.92 Å². The third kappa shape index (κ3) is 4.15. The fraction of sp³-hybridized carbons (Fsp3) is 0.818. The van der Waals surface area contributed by atoms with Crippen molar-refractivity contribution in [3.63, 3.8) is 0 Å². The Kier molecular flexibility index (Phi) is 5.90. The van der Waals surface area contributed by atoms with Gasteiger partial charge < -0.3 is 15.5 Å². The van der Waals surface area contributed by atoms with Crippen LogP contribution in [0.15, 0.2) is 0 Å². The lowest BCUT2D eigenvalue weighted by atomic mass is 9.97. The van der Waals surface area contributed by atoms with Crippen molar-refractivity contribution in [1.29, 1.82) is 0 Å². The van der Waals surface area contributed by atoms with Crippen molar-refractivity contribution in [2.75, 3.05) is 25.4 Å². The molecule has 0 radical (unpaired) electrons. The van der Waals surface area contributed by atoms with Crippen molar-refractivity contribution >= 4 is 21.9 Å². The Morgan fingerprint density at radius 2 is 1.90 bits per heavy atom. The van der Waals surface area contributed by atoms with Crippen LogP contribution in [0.1, 0.15) is 19.8 Å². The van der Waals surface area contributed by atoms with Crippen LogP contribution in [0.2, 0.25) is 0 Å². The number of aliphatic hydroxyl groups excluding tert-OH is 1. The summed E-state index contributed by atoms with van der Waals surface area (Å²) in [6.07, 6.45) is 0.700. The smallest absolute Gasteiger partial charge is 0.328 e. The molecule has 0 unspecified atom stereocenters. The number of carbonyl (C=O) groups is 2. The summed E-state index contributed by atoms with van der Waals surface area (Å²) >= 11 is 0. The molecule has 116 valence electrons. The van der Waals surface area contributed by atoms with Crippen LogP contribution < -0.4 is 5.32 Å². The molecule has 8 nitrogen and oxygen atoms in total. The Labute approximate surface area is 117 Å². The van der Waals surface area contributed by atoms with Crippen LogP contribution in [-0.2, 0) is 19.6 Å². The lowest BCUT2D eigenvalue weighted by Crippen LogP contribution is -2.48. The van der Waals surface area contributed by atoms with Crippen LogP contribution >= 0.6 is 0 Å². The Morgan fingerprint density at radius 3 is 2.30 bits per heavy atom. The number of hydrogen-bond donors (Lipinski definition) is 3. The average molecular weight is 308 g/mol. The predicted molar refractivity (Wildman–Crippen MR) is 70.4 cm³/mol. The van der Waals surface area contributed by atoms with Gasteiger partial charge in [0.05, 0.1) is 12.4 Å². The van der Waals surface area contributed by atoms with Crippen molar-refractivity contribution < 1.29 is 28.2 Å². The van der Waals surface area contributed by atoms with Gasteiger partial charge in [-0.25, -0.2) is 17.5 Å². The number of rotatable bonds is 6. The summed E-state index contributed by atoms with van der Waals surface area (Å²) < 4.78 is 24.7. The van der Waals surface area contributed by atoms with Crippen LogP contribution in [0.4, 0.5) is 0 Å². The number of nitrogens with zero attached hydrogens (tertiary/aromatic N) is 1. The molecule has 1 saturated heterocycles. The van der Waals surface area contributed by atoms with Crippen molar-refractivity contribution in [3.05, 3.63) is 0 Å². The summed E-state index contributed by atoms with van der Waals surface area (Å²) in [5.74, 6) is -2.16. The van der Waals surface area contributed by atoms with E-state index >= 15 is 0 Å². The van der Waals surface area contributed by atoms with Gasteiger partial charge in [-0.1, -0.05) is 0 Å². The number of amides is 1. The topological polar surface area (TPSA) is 124 Å². The van der Waals surface area contributed by atoms with Gasteiger partial charge in [0.25, 0.3) is 0 Å². The first kappa shape index (κ1) is 16.9. The maximum absolute atomic E-state index is 11.8. The highest BCUT2D eigenvalue weighted by Crippen LogP contribution is 2.20. The summed E-state index contributed by atoms with van der Waals surface area (Å²) in [6.45, 7) is 1.40. The molecule has 3 N–H and O–H groups in total. The van der Waals surface area contributed by atoms with E-state index in [1.54, 1.807) is 6.92 Å². The lowest BCUT2D eigenvalue weighted by Gasteiger charge is -2.30. The number of aliphatic carboxylic acids is 1. The van der Waals surface area contributed by atoms with Gasteiger partial charge in [-0.05, 0) is 19.8 Å². The summed E-state index contributed by atoms with van der Waals surface area (Å²) in [5.41, 5.74) is 0. The van der Waals surface area contributed by atoms with Crippen molar-refractivity contribution in [2.24, 2.45) is 5.92 Å². The van der Waals surface area contributed by atoms with Gasteiger partial charge in [0.15, 0.2) is 0 Å². The standard InChI is InChI=1S/C11H20N2O6S/c1-2-20(18,19)13-5-3-8(4-6-13)10(15)12-9(7-14)11(16)17/h8-9,14H,2-7H2,1H3,(H,12,15)(H,16,17)/t9-/m1/s1. The zero-order chi connectivity index (χ0) is 15.3. The molecule has 0 aromatic heterocycles. The molecule has 1 aliphatic rings. The zero-order valence-electron chi connectivity index (χ0n) is 11.3. The van der Waals surface area contributed by atoms with Gasteiger partial charge in [0, 0.05) is 19.0 Å². The molecular weight excluding hydrogens is 288 g/mol. The number of sulfonamides is 1. The molecule has 1 rings (SSSR count). The largest absolute Gasteiger partial charge is 0.480 e. The van der Waals surface area contributed by atoms with Crippen LogP contribution in [0.5, 0.6) is 0 Å². The van der Waals surface area contributed by atoms with Gasteiger partial charge in [-0.3, -0.25) is 4.79 Å². The predicted octanol–water partition coefficient (Wildman–Crippen LogP) is -1.39. The molecule has 0 bridgehead atoms. The Bertz CT molecular complexity index is 456. The summed E-state index contributed by atoms with van der Waals surface area (Å²) in [5, 5.41) is 19.8. The normalized spacial score (nSPS) is 19.5. The van der Waals surface area contributed by atoms with Crippen molar-refractivity contribution in [2.45, 2.75) is 25.8 Å². The number of carboxylic acid groups (broad SMARTS) is 1.